The largest absolute Gasteiger partial charge is 0.325 e. The molecule has 0 spiro atoms. The van der Waals surface area contributed by atoms with Crippen LogP contribution in [0, 0.1) is 6.92 Å². The van der Waals surface area contributed by atoms with Crippen molar-refractivity contribution in [1.82, 2.24) is 15.2 Å². The summed E-state index contributed by atoms with van der Waals surface area (Å²) in [5.41, 5.74) is 2.64. The molecule has 0 bridgehead atoms. The molecule has 4 rings (SSSR count). The molecule has 3 N–H and O–H groups in total. The molecule has 8 nitrogen and oxygen atoms in total. The lowest BCUT2D eigenvalue weighted by Crippen LogP contribution is -2.24. The number of hydrogen-bond donors (Lipinski definition) is 3. The molecule has 4 aromatic rings. The maximum atomic E-state index is 12.9. The van der Waals surface area contributed by atoms with E-state index in [1.54, 1.807) is 55.5 Å². The monoisotopic (exact) mass is 485 g/mol. The number of nitrogens with one attached hydrogen (secondary N) is 3. The zero-order valence-corrected chi connectivity index (χ0v) is 19.9. The molecule has 2 amide bonds. The van der Waals surface area contributed by atoms with Crippen molar-refractivity contribution in [3.8, 4) is 11.3 Å². The van der Waals surface area contributed by atoms with E-state index in [4.69, 9.17) is 0 Å². The second kappa shape index (κ2) is 10.8. The van der Waals surface area contributed by atoms with Crippen LogP contribution in [0.4, 0.5) is 11.4 Å². The van der Waals surface area contributed by atoms with Gasteiger partial charge in [-0.25, -0.2) is 0 Å². The van der Waals surface area contributed by atoms with Gasteiger partial charge in [0.25, 0.3) is 11.5 Å². The van der Waals surface area contributed by atoms with Crippen molar-refractivity contribution in [2.75, 3.05) is 10.6 Å². The van der Waals surface area contributed by atoms with Gasteiger partial charge in [-0.3, -0.25) is 19.4 Å². The lowest BCUT2D eigenvalue weighted by Gasteiger charge is -2.13. The van der Waals surface area contributed by atoms with E-state index in [9.17, 15) is 14.4 Å². The summed E-state index contributed by atoms with van der Waals surface area (Å²) in [6.45, 7) is 3.63. The molecule has 1 aromatic heterocycles. The number of benzene rings is 3. The summed E-state index contributed by atoms with van der Waals surface area (Å²) in [5.74, 6) is -0.520. The Kier molecular flexibility index (Phi) is 7.37. The zero-order chi connectivity index (χ0) is 24.8. The Morgan fingerprint density at radius 3 is 2.23 bits per heavy atom. The number of amides is 2. The van der Waals surface area contributed by atoms with Crippen LogP contribution in [0.25, 0.3) is 11.3 Å². The Balaban J connectivity index is 1.50. The van der Waals surface area contributed by atoms with Crippen LogP contribution in [0.15, 0.2) is 88.8 Å². The zero-order valence-electron chi connectivity index (χ0n) is 19.1. The third-order valence-electron chi connectivity index (χ3n) is 5.20. The molecule has 1 heterocycles. The maximum Gasteiger partial charge on any atom is 0.278 e. The summed E-state index contributed by atoms with van der Waals surface area (Å²) < 4.78 is 0. The van der Waals surface area contributed by atoms with Gasteiger partial charge in [0.1, 0.15) is 0 Å². The van der Waals surface area contributed by atoms with Crippen LogP contribution in [0.2, 0.25) is 0 Å². The lowest BCUT2D eigenvalue weighted by molar-refractivity contribution is -0.115. The van der Waals surface area contributed by atoms with Gasteiger partial charge in [-0.2, -0.15) is 0 Å². The van der Waals surface area contributed by atoms with Gasteiger partial charge in [0.05, 0.1) is 10.9 Å². The SMILES string of the molecule is Cc1ccccc1NC(=O)C(C)Sc1nnc(-c2ccccc2NC(=O)c2ccccc2)c(=O)[nH]1. The maximum absolute atomic E-state index is 12.9. The average Bonchev–Trinajstić information content (AvgIpc) is 2.86. The Bertz CT molecular complexity index is 1420. The summed E-state index contributed by atoms with van der Waals surface area (Å²) in [4.78, 5) is 40.7. The van der Waals surface area contributed by atoms with E-state index in [1.807, 2.05) is 37.3 Å². The summed E-state index contributed by atoms with van der Waals surface area (Å²) in [6, 6.07) is 23.1. The summed E-state index contributed by atoms with van der Waals surface area (Å²) in [7, 11) is 0. The fourth-order valence-corrected chi connectivity index (χ4v) is 4.04. The summed E-state index contributed by atoms with van der Waals surface area (Å²) >= 11 is 1.10. The van der Waals surface area contributed by atoms with Gasteiger partial charge in [0.2, 0.25) is 5.91 Å². The van der Waals surface area contributed by atoms with E-state index in [0.717, 1.165) is 23.0 Å². The molecule has 0 fully saturated rings. The van der Waals surface area contributed by atoms with E-state index in [2.05, 4.69) is 25.8 Å². The van der Waals surface area contributed by atoms with E-state index >= 15 is 0 Å². The van der Waals surface area contributed by atoms with Crippen molar-refractivity contribution < 1.29 is 9.59 Å². The molecular weight excluding hydrogens is 462 g/mol. The van der Waals surface area contributed by atoms with Crippen molar-refractivity contribution in [3.63, 3.8) is 0 Å². The Hall–Kier alpha value is -4.24. The van der Waals surface area contributed by atoms with Crippen LogP contribution in [0.5, 0.6) is 0 Å². The third kappa shape index (κ3) is 5.82. The molecule has 1 unspecified atom stereocenters. The fraction of sp³-hybridized carbons (Fsp3) is 0.115. The molecule has 0 saturated heterocycles. The highest BCUT2D eigenvalue weighted by molar-refractivity contribution is 8.00. The average molecular weight is 486 g/mol. The smallest absolute Gasteiger partial charge is 0.278 e. The van der Waals surface area contributed by atoms with Crippen molar-refractivity contribution in [2.45, 2.75) is 24.3 Å². The molecule has 0 aliphatic heterocycles. The predicted octanol–water partition coefficient (Wildman–Crippen LogP) is 4.51. The molecular formula is C26H23N5O3S. The number of thioether (sulfide) groups is 1. The summed E-state index contributed by atoms with van der Waals surface area (Å²) in [5, 5.41) is 13.6. The summed E-state index contributed by atoms with van der Waals surface area (Å²) in [6.07, 6.45) is 0. The first-order chi connectivity index (χ1) is 16.9. The number of aromatic nitrogens is 3. The second-order valence-corrected chi connectivity index (χ2v) is 9.07. The standard InChI is InChI=1S/C26H23N5O3S/c1-16-10-6-8-14-20(16)27-23(32)17(2)35-26-29-25(34)22(30-31-26)19-13-7-9-15-21(19)28-24(33)18-11-4-3-5-12-18/h3-15,17H,1-2H3,(H,27,32)(H,28,33)(H,29,31,34). The van der Waals surface area contributed by atoms with Gasteiger partial charge < -0.3 is 10.6 Å². The number of hydrogen-bond acceptors (Lipinski definition) is 6. The van der Waals surface area contributed by atoms with Gasteiger partial charge in [-0.05, 0) is 43.7 Å². The van der Waals surface area contributed by atoms with Crippen LogP contribution in [0.1, 0.15) is 22.8 Å². The molecule has 0 aliphatic carbocycles. The third-order valence-corrected chi connectivity index (χ3v) is 6.18. The topological polar surface area (TPSA) is 117 Å². The predicted molar refractivity (Wildman–Crippen MR) is 138 cm³/mol. The van der Waals surface area contributed by atoms with E-state index in [-0.39, 0.29) is 22.7 Å². The fourth-order valence-electron chi connectivity index (χ4n) is 3.30. The number of carbonyl (C=O) groups is 2. The number of rotatable bonds is 7. The van der Waals surface area contributed by atoms with Gasteiger partial charge in [0, 0.05) is 16.8 Å². The van der Waals surface area contributed by atoms with Crippen LogP contribution >= 0.6 is 11.8 Å². The quantitative estimate of drug-likeness (QED) is 0.332. The van der Waals surface area contributed by atoms with Crippen molar-refractivity contribution >= 4 is 35.0 Å². The highest BCUT2D eigenvalue weighted by atomic mass is 32.2. The number of para-hydroxylation sites is 2. The lowest BCUT2D eigenvalue weighted by atomic mass is 10.1. The van der Waals surface area contributed by atoms with Crippen molar-refractivity contribution in [3.05, 3.63) is 100 Å². The minimum atomic E-state index is -0.525. The highest BCUT2D eigenvalue weighted by Crippen LogP contribution is 2.25. The first kappa shape index (κ1) is 23.9. The molecule has 0 aliphatic rings. The highest BCUT2D eigenvalue weighted by Gasteiger charge is 2.19. The minimum Gasteiger partial charge on any atom is -0.325 e. The molecule has 0 radical (unpaired) electrons. The number of aromatic amines is 1. The molecule has 9 heteroatoms. The molecule has 1 atom stereocenters. The molecule has 0 saturated carbocycles. The van der Waals surface area contributed by atoms with E-state index in [1.165, 1.54) is 0 Å². The first-order valence-electron chi connectivity index (χ1n) is 10.9. The van der Waals surface area contributed by atoms with E-state index in [0.29, 0.717) is 16.8 Å². The van der Waals surface area contributed by atoms with Gasteiger partial charge in [-0.15, -0.1) is 10.2 Å². The van der Waals surface area contributed by atoms with E-state index < -0.39 is 10.8 Å². The number of nitrogens with zero attached hydrogens (tertiary/aromatic N) is 2. The minimum absolute atomic E-state index is 0.0651. The number of carbonyl (C=O) groups excluding carboxylic acids is 2. The van der Waals surface area contributed by atoms with Crippen LogP contribution in [0.3, 0.4) is 0 Å². The van der Waals surface area contributed by atoms with Gasteiger partial charge in [0.15, 0.2) is 10.9 Å². The van der Waals surface area contributed by atoms with Crippen LogP contribution < -0.4 is 16.2 Å². The number of anilines is 2. The Labute approximate surface area is 206 Å². The molecule has 3 aromatic carbocycles. The Morgan fingerprint density at radius 2 is 1.51 bits per heavy atom. The second-order valence-electron chi connectivity index (χ2n) is 7.74. The molecule has 35 heavy (non-hydrogen) atoms. The Morgan fingerprint density at radius 1 is 0.857 bits per heavy atom. The number of aryl methyl sites for hydroxylation is 1. The van der Waals surface area contributed by atoms with Crippen molar-refractivity contribution in [2.24, 2.45) is 0 Å². The van der Waals surface area contributed by atoms with Crippen LogP contribution in [-0.2, 0) is 4.79 Å². The normalized spacial score (nSPS) is 11.5. The molecule has 176 valence electrons. The van der Waals surface area contributed by atoms with Crippen molar-refractivity contribution in [1.29, 1.82) is 0 Å². The van der Waals surface area contributed by atoms with Crippen LogP contribution in [-0.4, -0.2) is 32.2 Å². The van der Waals surface area contributed by atoms with Gasteiger partial charge in [-0.1, -0.05) is 66.4 Å². The van der Waals surface area contributed by atoms with Gasteiger partial charge >= 0.3 is 0 Å². The number of H-pyrrole nitrogens is 1. The first-order valence-corrected chi connectivity index (χ1v) is 11.8.